The zero-order valence-electron chi connectivity index (χ0n) is 18.5. The molecule has 2 heterocycles. The largest absolute Gasteiger partial charge is 0.497 e. The van der Waals surface area contributed by atoms with Gasteiger partial charge in [-0.2, -0.15) is 13.2 Å². The maximum Gasteiger partial charge on any atom is 0.405 e. The predicted molar refractivity (Wildman–Crippen MR) is 121 cm³/mol. The minimum atomic E-state index is -4.40. The Morgan fingerprint density at radius 1 is 1.06 bits per heavy atom. The molecule has 6 nitrogen and oxygen atoms in total. The highest BCUT2D eigenvalue weighted by atomic mass is 19.4. The first-order chi connectivity index (χ1) is 16.3. The highest BCUT2D eigenvalue weighted by Crippen LogP contribution is 2.41. The molecule has 1 fully saturated rings. The molecule has 3 aromatic rings. The van der Waals surface area contributed by atoms with Gasteiger partial charge < -0.3 is 15.0 Å². The van der Waals surface area contributed by atoms with E-state index in [9.17, 15) is 18.0 Å². The predicted octanol–water partition coefficient (Wildman–Crippen LogP) is 5.02. The van der Waals surface area contributed by atoms with Crippen LogP contribution in [-0.2, 0) is 11.3 Å². The first kappa shape index (κ1) is 22.2. The lowest BCUT2D eigenvalue weighted by atomic mass is 9.87. The van der Waals surface area contributed by atoms with Gasteiger partial charge in [-0.15, -0.1) is 0 Å². The maximum atomic E-state index is 13.7. The quantitative estimate of drug-likeness (QED) is 0.551. The molecule has 0 saturated heterocycles. The number of nitrogens with one attached hydrogen (secondary N) is 1. The van der Waals surface area contributed by atoms with Gasteiger partial charge in [0.1, 0.15) is 18.2 Å². The van der Waals surface area contributed by atoms with Gasteiger partial charge >= 0.3 is 6.18 Å². The van der Waals surface area contributed by atoms with Crippen molar-refractivity contribution in [3.05, 3.63) is 77.1 Å². The second-order valence-corrected chi connectivity index (χ2v) is 8.57. The number of carbonyl (C=O) groups is 1. The van der Waals surface area contributed by atoms with E-state index < -0.39 is 18.6 Å². The molecule has 1 aliphatic carbocycles. The zero-order valence-corrected chi connectivity index (χ0v) is 18.5. The van der Waals surface area contributed by atoms with Crippen molar-refractivity contribution in [2.75, 3.05) is 23.9 Å². The van der Waals surface area contributed by atoms with E-state index in [1.165, 1.54) is 11.8 Å². The van der Waals surface area contributed by atoms with E-state index in [1.54, 1.807) is 36.3 Å². The molecule has 1 amide bonds. The summed E-state index contributed by atoms with van der Waals surface area (Å²) in [5.74, 6) is 0.136. The summed E-state index contributed by atoms with van der Waals surface area (Å²) in [7, 11) is 1.57. The Kier molecular flexibility index (Phi) is 5.63. The molecule has 1 unspecified atom stereocenters. The van der Waals surface area contributed by atoms with Gasteiger partial charge in [-0.05, 0) is 54.2 Å². The van der Waals surface area contributed by atoms with Crippen LogP contribution >= 0.6 is 0 Å². The van der Waals surface area contributed by atoms with Crippen molar-refractivity contribution in [3.63, 3.8) is 0 Å². The Hall–Kier alpha value is -3.62. The normalized spacial score (nSPS) is 17.9. The molecule has 34 heavy (non-hydrogen) atoms. The van der Waals surface area contributed by atoms with Crippen LogP contribution in [-0.4, -0.2) is 35.7 Å². The van der Waals surface area contributed by atoms with Gasteiger partial charge in [0.2, 0.25) is 11.9 Å². The van der Waals surface area contributed by atoms with Crippen molar-refractivity contribution in [2.24, 2.45) is 0 Å². The van der Waals surface area contributed by atoms with Crippen LogP contribution in [0.15, 0.2) is 54.7 Å². The Bertz CT molecular complexity index is 1190. The van der Waals surface area contributed by atoms with Crippen molar-refractivity contribution >= 4 is 17.5 Å². The van der Waals surface area contributed by atoms with Crippen molar-refractivity contribution in [1.82, 2.24) is 9.97 Å². The molecule has 176 valence electrons. The third-order valence-corrected chi connectivity index (χ3v) is 6.16. The van der Waals surface area contributed by atoms with Gasteiger partial charge in [0.15, 0.2) is 0 Å². The summed E-state index contributed by atoms with van der Waals surface area (Å²) in [6.07, 6.45) is -0.581. The average Bonchev–Trinajstić information content (AvgIpc) is 3.68. The number of anilines is 2. The second kappa shape index (κ2) is 8.62. The summed E-state index contributed by atoms with van der Waals surface area (Å²) in [6.45, 7) is -1.03. The van der Waals surface area contributed by atoms with E-state index in [4.69, 9.17) is 4.74 Å². The van der Waals surface area contributed by atoms with Crippen molar-refractivity contribution in [2.45, 2.75) is 37.4 Å². The number of hydrogen-bond donors (Lipinski definition) is 1. The molecule has 0 spiro atoms. The van der Waals surface area contributed by atoms with Crippen molar-refractivity contribution in [3.8, 4) is 5.75 Å². The molecule has 0 radical (unpaired) electrons. The van der Waals surface area contributed by atoms with Crippen LogP contribution in [0.25, 0.3) is 0 Å². The minimum Gasteiger partial charge on any atom is -0.497 e. The first-order valence-electron chi connectivity index (χ1n) is 11.0. The molecule has 5 rings (SSSR count). The highest BCUT2D eigenvalue weighted by molar-refractivity contribution is 6.01. The van der Waals surface area contributed by atoms with Crippen LogP contribution in [0.2, 0.25) is 0 Å². The number of ether oxygens (including phenoxy) is 1. The Morgan fingerprint density at radius 2 is 1.74 bits per heavy atom. The van der Waals surface area contributed by atoms with E-state index in [-0.39, 0.29) is 18.4 Å². The molecule has 9 heteroatoms. The van der Waals surface area contributed by atoms with Gasteiger partial charge in [-0.25, -0.2) is 9.97 Å². The number of amides is 1. The van der Waals surface area contributed by atoms with Crippen LogP contribution in [0.4, 0.5) is 24.8 Å². The molecule has 1 atom stereocenters. The number of rotatable bonds is 6. The number of benzene rings is 2. The molecular formula is C25H23F3N4O2. The van der Waals surface area contributed by atoms with Crippen LogP contribution in [0.1, 0.15) is 47.1 Å². The summed E-state index contributed by atoms with van der Waals surface area (Å²) >= 11 is 0. The second-order valence-electron chi connectivity index (χ2n) is 8.57. The van der Waals surface area contributed by atoms with Crippen LogP contribution in [0.5, 0.6) is 5.75 Å². The van der Waals surface area contributed by atoms with E-state index >= 15 is 0 Å². The topological polar surface area (TPSA) is 67.3 Å². The molecule has 1 saturated carbocycles. The van der Waals surface area contributed by atoms with E-state index in [0.29, 0.717) is 28.6 Å². The molecule has 1 aromatic heterocycles. The van der Waals surface area contributed by atoms with Crippen LogP contribution in [0, 0.1) is 0 Å². The van der Waals surface area contributed by atoms with Gasteiger partial charge in [0.05, 0.1) is 19.3 Å². The van der Waals surface area contributed by atoms with Crippen LogP contribution in [0.3, 0.4) is 0 Å². The van der Waals surface area contributed by atoms with Gasteiger partial charge in [-0.3, -0.25) is 4.79 Å². The summed E-state index contributed by atoms with van der Waals surface area (Å²) in [5.41, 5.74) is 3.77. The monoisotopic (exact) mass is 468 g/mol. The van der Waals surface area contributed by atoms with Crippen molar-refractivity contribution < 1.29 is 22.7 Å². The maximum absolute atomic E-state index is 13.7. The summed E-state index contributed by atoms with van der Waals surface area (Å²) in [5, 5.41) is 2.22. The zero-order chi connectivity index (χ0) is 23.9. The summed E-state index contributed by atoms with van der Waals surface area (Å²) in [6, 6.07) is 15.0. The highest BCUT2D eigenvalue weighted by Gasteiger charge is 2.37. The Balaban J connectivity index is 1.53. The lowest BCUT2D eigenvalue weighted by Gasteiger charge is -2.34. The minimum absolute atomic E-state index is 0.152. The average molecular weight is 468 g/mol. The van der Waals surface area contributed by atoms with E-state index in [1.807, 2.05) is 24.3 Å². The van der Waals surface area contributed by atoms with Crippen LogP contribution < -0.4 is 15.0 Å². The molecule has 1 aliphatic heterocycles. The lowest BCUT2D eigenvalue weighted by molar-refractivity contribution is -0.120. The third kappa shape index (κ3) is 4.55. The lowest BCUT2D eigenvalue weighted by Crippen LogP contribution is -2.40. The van der Waals surface area contributed by atoms with Gasteiger partial charge in [0.25, 0.3) is 0 Å². The Labute approximate surface area is 194 Å². The molecular weight excluding hydrogens is 445 g/mol. The third-order valence-electron chi connectivity index (χ3n) is 6.16. The molecule has 1 N–H and O–H groups in total. The Morgan fingerprint density at radius 3 is 2.35 bits per heavy atom. The number of alkyl halides is 3. The van der Waals surface area contributed by atoms with E-state index in [2.05, 4.69) is 15.3 Å². The number of halogens is 3. The molecule has 2 aliphatic rings. The fourth-order valence-corrected chi connectivity index (χ4v) is 4.24. The number of fused-ring (bicyclic) bond motifs is 1. The fourth-order valence-electron chi connectivity index (χ4n) is 4.24. The number of hydrogen-bond acceptors (Lipinski definition) is 5. The van der Waals surface area contributed by atoms with E-state index in [0.717, 1.165) is 18.4 Å². The molecule has 0 bridgehead atoms. The standard InChI is InChI=1S/C25H23F3N4O2/c1-34-20-10-8-19(9-11-20)32-13-18-12-29-24(30-14-25(26,27)28)31-22(18)21(23(32)33)17-6-4-16(5-7-17)15-2-3-15/h4-12,15,21H,2-3,13-14H2,1H3,(H,29,30,31). The number of methoxy groups -OCH3 is 1. The van der Waals surface area contributed by atoms with Gasteiger partial charge in [0, 0.05) is 17.4 Å². The summed E-state index contributed by atoms with van der Waals surface area (Å²) < 4.78 is 43.3. The fraction of sp³-hybridized carbons (Fsp3) is 0.320. The molecule has 2 aromatic carbocycles. The van der Waals surface area contributed by atoms with Gasteiger partial charge in [-0.1, -0.05) is 24.3 Å². The number of carbonyl (C=O) groups excluding carboxylic acids is 1. The number of aromatic nitrogens is 2. The number of nitrogens with zero attached hydrogens (tertiary/aromatic N) is 3. The SMILES string of the molecule is COc1ccc(N2Cc3cnc(NCC(F)(F)F)nc3C(c3ccc(C4CC4)cc3)C2=O)cc1. The smallest absolute Gasteiger partial charge is 0.405 e. The summed E-state index contributed by atoms with van der Waals surface area (Å²) in [4.78, 5) is 23.8. The van der Waals surface area contributed by atoms with Crippen molar-refractivity contribution in [1.29, 1.82) is 0 Å². The first-order valence-corrected chi connectivity index (χ1v) is 11.0.